The highest BCUT2D eigenvalue weighted by atomic mass is 16.5. The summed E-state index contributed by atoms with van der Waals surface area (Å²) in [5.74, 6) is 0.934. The van der Waals surface area contributed by atoms with E-state index in [1.165, 1.54) is 0 Å². The van der Waals surface area contributed by atoms with Crippen molar-refractivity contribution < 1.29 is 9.53 Å². The van der Waals surface area contributed by atoms with Gasteiger partial charge in [-0.15, -0.1) is 0 Å². The average molecular weight is 355 g/mol. The van der Waals surface area contributed by atoms with Crippen molar-refractivity contribution in [2.75, 3.05) is 31.6 Å². The maximum absolute atomic E-state index is 12.7. The van der Waals surface area contributed by atoms with Gasteiger partial charge in [-0.3, -0.25) is 4.79 Å². The second-order valence-electron chi connectivity index (χ2n) is 7.05. The molecular weight excluding hydrogens is 330 g/mol. The van der Waals surface area contributed by atoms with Crippen molar-refractivity contribution in [2.45, 2.75) is 38.7 Å². The van der Waals surface area contributed by atoms with Crippen molar-refractivity contribution in [2.24, 2.45) is 0 Å². The number of fused-ring (bicyclic) bond motifs is 1. The summed E-state index contributed by atoms with van der Waals surface area (Å²) >= 11 is 0. The van der Waals surface area contributed by atoms with E-state index in [0.29, 0.717) is 18.8 Å². The van der Waals surface area contributed by atoms with Gasteiger partial charge < -0.3 is 19.9 Å². The Hall–Kier alpha value is -2.41. The van der Waals surface area contributed by atoms with E-state index in [-0.39, 0.29) is 12.0 Å². The van der Waals surface area contributed by atoms with E-state index < -0.39 is 0 Å². The molecule has 0 radical (unpaired) electrons. The Morgan fingerprint density at radius 3 is 3.04 bits per heavy atom. The van der Waals surface area contributed by atoms with Crippen LogP contribution in [0.5, 0.6) is 0 Å². The molecule has 2 N–H and O–H groups in total. The van der Waals surface area contributed by atoms with Crippen LogP contribution in [0, 0.1) is 6.92 Å². The standard InChI is InChI=1S/C19H25N5O2/c1-13-9-17(20-10-13)19(25)24-6-4-15-16(5-7-24)22-12-23-18(15)21-11-14-3-2-8-26-14/h9-10,12,14,20H,2-8,11H2,1H3,(H,21,22,23)/t14-/m0/s1. The van der Waals surface area contributed by atoms with E-state index in [0.717, 1.165) is 61.5 Å². The molecule has 7 nitrogen and oxygen atoms in total. The number of aryl methyl sites for hydroxylation is 1. The van der Waals surface area contributed by atoms with Crippen LogP contribution in [0.25, 0.3) is 0 Å². The summed E-state index contributed by atoms with van der Waals surface area (Å²) in [6.07, 6.45) is 7.47. The maximum Gasteiger partial charge on any atom is 0.270 e. The fourth-order valence-electron chi connectivity index (χ4n) is 3.69. The Kier molecular flexibility index (Phi) is 4.88. The molecule has 2 aliphatic rings. The van der Waals surface area contributed by atoms with Crippen LogP contribution in [-0.2, 0) is 17.6 Å². The SMILES string of the molecule is Cc1c[nH]c(C(=O)N2CCc3ncnc(NC[C@@H]4CCCO4)c3CC2)c1. The van der Waals surface area contributed by atoms with E-state index in [1.807, 2.05) is 24.1 Å². The Balaban J connectivity index is 1.45. The van der Waals surface area contributed by atoms with Crippen LogP contribution in [0.3, 0.4) is 0 Å². The van der Waals surface area contributed by atoms with Gasteiger partial charge in [0.15, 0.2) is 0 Å². The number of H-pyrrole nitrogens is 1. The summed E-state index contributed by atoms with van der Waals surface area (Å²) < 4.78 is 5.68. The fraction of sp³-hybridized carbons (Fsp3) is 0.526. The Bertz CT molecular complexity index is 782. The first-order valence-corrected chi connectivity index (χ1v) is 9.33. The van der Waals surface area contributed by atoms with E-state index in [1.54, 1.807) is 6.33 Å². The van der Waals surface area contributed by atoms with E-state index in [9.17, 15) is 4.79 Å². The zero-order chi connectivity index (χ0) is 17.9. The van der Waals surface area contributed by atoms with Crippen LogP contribution in [0.15, 0.2) is 18.6 Å². The van der Waals surface area contributed by atoms with Crippen molar-refractivity contribution in [1.29, 1.82) is 0 Å². The minimum absolute atomic E-state index is 0.0488. The van der Waals surface area contributed by atoms with Gasteiger partial charge in [-0.05, 0) is 37.8 Å². The minimum Gasteiger partial charge on any atom is -0.376 e. The van der Waals surface area contributed by atoms with E-state index >= 15 is 0 Å². The molecule has 0 aliphatic carbocycles. The van der Waals surface area contributed by atoms with Crippen LogP contribution in [0.2, 0.25) is 0 Å². The summed E-state index contributed by atoms with van der Waals surface area (Å²) in [6, 6.07) is 1.90. The third-order valence-electron chi connectivity index (χ3n) is 5.15. The molecule has 2 aromatic heterocycles. The quantitative estimate of drug-likeness (QED) is 0.876. The zero-order valence-corrected chi connectivity index (χ0v) is 15.1. The van der Waals surface area contributed by atoms with Crippen LogP contribution in [-0.4, -0.2) is 58.1 Å². The van der Waals surface area contributed by atoms with Gasteiger partial charge in [0.25, 0.3) is 5.91 Å². The fourth-order valence-corrected chi connectivity index (χ4v) is 3.69. The number of ether oxygens (including phenoxy) is 1. The van der Waals surface area contributed by atoms with Gasteiger partial charge in [0.05, 0.1) is 11.8 Å². The molecule has 0 saturated carbocycles. The number of carbonyl (C=O) groups is 1. The molecule has 2 aromatic rings. The molecule has 1 atom stereocenters. The second kappa shape index (κ2) is 7.45. The number of carbonyl (C=O) groups excluding carboxylic acids is 1. The maximum atomic E-state index is 12.7. The van der Waals surface area contributed by atoms with Crippen molar-refractivity contribution in [3.63, 3.8) is 0 Å². The van der Waals surface area contributed by atoms with Crippen LogP contribution >= 0.6 is 0 Å². The highest BCUT2D eigenvalue weighted by Crippen LogP contribution is 2.22. The van der Waals surface area contributed by atoms with Crippen molar-refractivity contribution >= 4 is 11.7 Å². The summed E-state index contributed by atoms with van der Waals surface area (Å²) in [5, 5.41) is 3.44. The first kappa shape index (κ1) is 17.0. The van der Waals surface area contributed by atoms with Gasteiger partial charge >= 0.3 is 0 Å². The Morgan fingerprint density at radius 1 is 1.38 bits per heavy atom. The number of aromatic nitrogens is 3. The molecule has 0 bridgehead atoms. The van der Waals surface area contributed by atoms with Gasteiger partial charge in [0.1, 0.15) is 17.8 Å². The lowest BCUT2D eigenvalue weighted by atomic mass is 10.1. The van der Waals surface area contributed by atoms with Crippen LogP contribution in [0.1, 0.15) is 40.2 Å². The van der Waals surface area contributed by atoms with Crippen molar-refractivity contribution in [1.82, 2.24) is 19.9 Å². The molecule has 4 heterocycles. The van der Waals surface area contributed by atoms with E-state index in [2.05, 4.69) is 20.3 Å². The molecule has 1 saturated heterocycles. The predicted octanol–water partition coefficient (Wildman–Crippen LogP) is 1.95. The zero-order valence-electron chi connectivity index (χ0n) is 15.1. The molecular formula is C19H25N5O2. The van der Waals surface area contributed by atoms with Gasteiger partial charge in [-0.1, -0.05) is 0 Å². The molecule has 0 aromatic carbocycles. The molecule has 4 rings (SSSR count). The van der Waals surface area contributed by atoms with Gasteiger partial charge in [0.2, 0.25) is 0 Å². The molecule has 1 amide bonds. The highest BCUT2D eigenvalue weighted by molar-refractivity contribution is 5.92. The van der Waals surface area contributed by atoms with Crippen molar-refractivity contribution in [3.8, 4) is 0 Å². The van der Waals surface area contributed by atoms with Gasteiger partial charge in [0, 0.05) is 44.4 Å². The average Bonchev–Trinajstić information content (AvgIpc) is 3.27. The monoisotopic (exact) mass is 355 g/mol. The Labute approximate surface area is 153 Å². The van der Waals surface area contributed by atoms with E-state index in [4.69, 9.17) is 4.74 Å². The molecule has 0 spiro atoms. The molecule has 0 unspecified atom stereocenters. The van der Waals surface area contributed by atoms with Crippen LogP contribution in [0.4, 0.5) is 5.82 Å². The molecule has 2 aliphatic heterocycles. The number of nitrogens with one attached hydrogen (secondary N) is 2. The number of hydrogen-bond donors (Lipinski definition) is 2. The first-order chi connectivity index (χ1) is 12.7. The minimum atomic E-state index is 0.0488. The largest absolute Gasteiger partial charge is 0.376 e. The Morgan fingerprint density at radius 2 is 2.27 bits per heavy atom. The van der Waals surface area contributed by atoms with Crippen LogP contribution < -0.4 is 5.32 Å². The van der Waals surface area contributed by atoms with Crippen molar-refractivity contribution in [3.05, 3.63) is 41.1 Å². The lowest BCUT2D eigenvalue weighted by molar-refractivity contribution is 0.0757. The lowest BCUT2D eigenvalue weighted by Gasteiger charge is -2.19. The normalized spacial score (nSPS) is 19.9. The third kappa shape index (κ3) is 3.58. The predicted molar refractivity (Wildman–Crippen MR) is 98.3 cm³/mol. The number of aromatic amines is 1. The summed E-state index contributed by atoms with van der Waals surface area (Å²) in [7, 11) is 0. The smallest absolute Gasteiger partial charge is 0.270 e. The van der Waals surface area contributed by atoms with Gasteiger partial charge in [-0.2, -0.15) is 0 Å². The highest BCUT2D eigenvalue weighted by Gasteiger charge is 2.24. The molecule has 26 heavy (non-hydrogen) atoms. The number of anilines is 1. The molecule has 1 fully saturated rings. The number of amides is 1. The molecule has 138 valence electrons. The second-order valence-corrected chi connectivity index (χ2v) is 7.05. The number of rotatable bonds is 4. The third-order valence-corrected chi connectivity index (χ3v) is 5.15. The number of hydrogen-bond acceptors (Lipinski definition) is 5. The first-order valence-electron chi connectivity index (χ1n) is 9.33. The van der Waals surface area contributed by atoms with Gasteiger partial charge in [-0.25, -0.2) is 9.97 Å². The summed E-state index contributed by atoms with van der Waals surface area (Å²) in [5.41, 5.74) is 3.88. The number of nitrogens with zero attached hydrogens (tertiary/aromatic N) is 3. The molecule has 7 heteroatoms. The summed E-state index contributed by atoms with van der Waals surface area (Å²) in [6.45, 7) is 4.95. The summed E-state index contributed by atoms with van der Waals surface area (Å²) in [4.78, 5) is 26.6. The lowest BCUT2D eigenvalue weighted by Crippen LogP contribution is -2.33. The topological polar surface area (TPSA) is 83.1 Å².